The molecule has 0 bridgehead atoms. The number of anilines is 1. The lowest BCUT2D eigenvalue weighted by Crippen LogP contribution is -2.58. The molecular weight excluding hydrogens is 516 g/mol. The number of aromatic amines is 1. The second-order valence-electron chi connectivity index (χ2n) is 9.76. The Bertz CT molecular complexity index is 1640. The second kappa shape index (κ2) is 10.2. The van der Waals surface area contributed by atoms with E-state index in [0.717, 1.165) is 45.7 Å². The van der Waals surface area contributed by atoms with E-state index in [1.54, 1.807) is 12.3 Å². The fraction of sp³-hybridized carbons (Fsp3) is 0.286. The fourth-order valence-corrected chi connectivity index (χ4v) is 5.58. The number of nitrogens with zero attached hydrogens (tertiary/aromatic N) is 5. The van der Waals surface area contributed by atoms with E-state index < -0.39 is 0 Å². The number of fused-ring (bicyclic) bond motifs is 3. The summed E-state index contributed by atoms with van der Waals surface area (Å²) in [6.45, 7) is 5.67. The number of halogens is 1. The number of benzene rings is 1. The fourth-order valence-electron chi connectivity index (χ4n) is 5.27. The minimum absolute atomic E-state index is 0.155. The van der Waals surface area contributed by atoms with Gasteiger partial charge in [0.25, 0.3) is 5.91 Å². The third-order valence-electron chi connectivity index (χ3n) is 7.22. The molecule has 11 heteroatoms. The topological polar surface area (TPSA) is 126 Å². The van der Waals surface area contributed by atoms with Crippen LogP contribution in [0.15, 0.2) is 55.0 Å². The molecule has 0 spiro atoms. The van der Waals surface area contributed by atoms with Crippen LogP contribution in [-0.4, -0.2) is 62.5 Å². The molecule has 1 amide bonds. The second-order valence-corrected chi connectivity index (χ2v) is 10.2. The van der Waals surface area contributed by atoms with Gasteiger partial charge in [0.1, 0.15) is 11.6 Å². The number of carbonyl (C=O) groups excluding carboxylic acids is 1. The third kappa shape index (κ3) is 4.66. The van der Waals surface area contributed by atoms with Gasteiger partial charge in [0, 0.05) is 42.5 Å². The average Bonchev–Trinajstić information content (AvgIpc) is 3.51. The number of hydrogen-bond donors (Lipinski definition) is 3. The molecule has 5 heterocycles. The summed E-state index contributed by atoms with van der Waals surface area (Å²) >= 11 is 6.29. The van der Waals surface area contributed by atoms with Gasteiger partial charge in [-0.2, -0.15) is 5.10 Å². The summed E-state index contributed by atoms with van der Waals surface area (Å²) < 4.78 is 7.61. The van der Waals surface area contributed by atoms with Gasteiger partial charge in [0.2, 0.25) is 0 Å². The third-order valence-corrected chi connectivity index (χ3v) is 7.53. The predicted molar refractivity (Wildman–Crippen MR) is 151 cm³/mol. The highest BCUT2D eigenvalue weighted by Crippen LogP contribution is 2.33. The summed E-state index contributed by atoms with van der Waals surface area (Å²) in [5.74, 6) is 1.37. The first-order valence-electron chi connectivity index (χ1n) is 12.9. The van der Waals surface area contributed by atoms with Crippen LogP contribution in [0.25, 0.3) is 27.7 Å². The Morgan fingerprint density at radius 1 is 1.28 bits per heavy atom. The highest BCUT2D eigenvalue weighted by Gasteiger charge is 2.29. The Hall–Kier alpha value is -4.15. The molecule has 5 aromatic rings. The first-order chi connectivity index (χ1) is 18.9. The van der Waals surface area contributed by atoms with Crippen molar-refractivity contribution in [3.05, 3.63) is 71.1 Å². The van der Waals surface area contributed by atoms with Crippen molar-refractivity contribution in [1.29, 1.82) is 0 Å². The Morgan fingerprint density at radius 2 is 2.15 bits per heavy atom. The molecular formula is C28H29ClN8O2. The lowest BCUT2D eigenvalue weighted by molar-refractivity contribution is 0.0925. The molecule has 6 rings (SSSR count). The van der Waals surface area contributed by atoms with Crippen LogP contribution in [0.4, 0.5) is 5.82 Å². The number of amides is 1. The van der Waals surface area contributed by atoms with Crippen molar-refractivity contribution in [2.45, 2.75) is 32.4 Å². The van der Waals surface area contributed by atoms with E-state index in [9.17, 15) is 4.79 Å². The number of nitrogens with one attached hydrogen (secondary N) is 2. The lowest BCUT2D eigenvalue weighted by Gasteiger charge is -2.37. The molecule has 1 fully saturated rings. The molecule has 200 valence electrons. The number of aromatic nitrogens is 5. The van der Waals surface area contributed by atoms with Gasteiger partial charge in [-0.1, -0.05) is 23.7 Å². The quantitative estimate of drug-likeness (QED) is 0.295. The summed E-state index contributed by atoms with van der Waals surface area (Å²) in [6, 6.07) is 11.1. The van der Waals surface area contributed by atoms with Crippen molar-refractivity contribution in [2.24, 2.45) is 5.73 Å². The van der Waals surface area contributed by atoms with E-state index in [-0.39, 0.29) is 18.0 Å². The SMILES string of the molecule is CCOc1cc(-c2ccc(N3CC[C@H](NC(=O)c4c(C)cccc4Cl)[C@@H](N)C3)nc2)c2c3cn[nH]c3nn2c1. The molecule has 1 saturated heterocycles. The minimum Gasteiger partial charge on any atom is -0.492 e. The molecule has 0 unspecified atom stereocenters. The number of piperidine rings is 1. The highest BCUT2D eigenvalue weighted by atomic mass is 35.5. The Kier molecular flexibility index (Phi) is 6.58. The monoisotopic (exact) mass is 544 g/mol. The van der Waals surface area contributed by atoms with Crippen LogP contribution in [0, 0.1) is 6.92 Å². The van der Waals surface area contributed by atoms with Gasteiger partial charge < -0.3 is 20.7 Å². The van der Waals surface area contributed by atoms with Crippen LogP contribution in [0.2, 0.25) is 5.02 Å². The van der Waals surface area contributed by atoms with Gasteiger partial charge in [-0.25, -0.2) is 9.50 Å². The smallest absolute Gasteiger partial charge is 0.253 e. The van der Waals surface area contributed by atoms with E-state index in [2.05, 4.69) is 25.5 Å². The standard InChI is InChI=1S/C28H29ClN8O2/c1-3-39-18-11-19(26-20-13-32-34-27(20)35-37(26)14-18)17-7-8-24(31-12-17)36-10-9-23(22(30)15-36)33-28(38)25-16(2)5-4-6-21(25)29/h4-8,11-14,22-23H,3,9-10,15,30H2,1-2H3,(H,33,38)(H,34,35)/t22-,23-/m0/s1. The molecule has 1 aliphatic heterocycles. The Labute approximate surface area is 230 Å². The molecule has 4 N–H and O–H groups in total. The van der Waals surface area contributed by atoms with Crippen molar-refractivity contribution in [1.82, 2.24) is 30.1 Å². The summed E-state index contributed by atoms with van der Waals surface area (Å²) in [6.07, 6.45) is 6.21. The number of carbonyl (C=O) groups is 1. The van der Waals surface area contributed by atoms with Crippen LogP contribution in [0.5, 0.6) is 5.75 Å². The number of hydrogen-bond acceptors (Lipinski definition) is 7. The van der Waals surface area contributed by atoms with E-state index in [4.69, 9.17) is 27.1 Å². The minimum atomic E-state index is -0.254. The van der Waals surface area contributed by atoms with Gasteiger partial charge in [-0.3, -0.25) is 9.89 Å². The first-order valence-corrected chi connectivity index (χ1v) is 13.3. The maximum absolute atomic E-state index is 12.9. The number of rotatable bonds is 6. The van der Waals surface area contributed by atoms with Gasteiger partial charge >= 0.3 is 0 Å². The Balaban J connectivity index is 1.20. The van der Waals surface area contributed by atoms with Crippen LogP contribution in [0.1, 0.15) is 29.3 Å². The normalized spacial score (nSPS) is 17.6. The number of H-pyrrole nitrogens is 1. The summed E-state index contributed by atoms with van der Waals surface area (Å²) in [5.41, 5.74) is 11.4. The van der Waals surface area contributed by atoms with Crippen molar-refractivity contribution < 1.29 is 9.53 Å². The number of ether oxygens (including phenoxy) is 1. The van der Waals surface area contributed by atoms with Gasteiger partial charge in [0.15, 0.2) is 5.65 Å². The molecule has 1 aromatic carbocycles. The van der Waals surface area contributed by atoms with Crippen molar-refractivity contribution >= 4 is 39.9 Å². The van der Waals surface area contributed by atoms with E-state index >= 15 is 0 Å². The molecule has 2 atom stereocenters. The van der Waals surface area contributed by atoms with Gasteiger partial charge in [-0.15, -0.1) is 5.10 Å². The molecule has 0 radical (unpaired) electrons. The van der Waals surface area contributed by atoms with E-state index in [0.29, 0.717) is 35.8 Å². The number of nitrogens with two attached hydrogens (primary N) is 1. The van der Waals surface area contributed by atoms with Crippen LogP contribution < -0.4 is 20.7 Å². The lowest BCUT2D eigenvalue weighted by atomic mass is 9.98. The predicted octanol–water partition coefficient (Wildman–Crippen LogP) is 3.97. The number of aryl methyl sites for hydroxylation is 1. The van der Waals surface area contributed by atoms with Crippen molar-refractivity contribution in [3.8, 4) is 16.9 Å². The molecule has 1 aliphatic rings. The zero-order chi connectivity index (χ0) is 27.1. The van der Waals surface area contributed by atoms with E-state index in [1.165, 1.54) is 0 Å². The molecule has 0 aliphatic carbocycles. The maximum atomic E-state index is 12.9. The summed E-state index contributed by atoms with van der Waals surface area (Å²) in [4.78, 5) is 19.9. The van der Waals surface area contributed by atoms with Gasteiger partial charge in [0.05, 0.1) is 40.5 Å². The largest absolute Gasteiger partial charge is 0.492 e. The first kappa shape index (κ1) is 25.1. The van der Waals surface area contributed by atoms with Crippen LogP contribution in [-0.2, 0) is 0 Å². The van der Waals surface area contributed by atoms with Crippen molar-refractivity contribution in [3.63, 3.8) is 0 Å². The number of pyridine rings is 2. The van der Waals surface area contributed by atoms with Crippen LogP contribution >= 0.6 is 11.6 Å². The summed E-state index contributed by atoms with van der Waals surface area (Å²) in [7, 11) is 0. The summed E-state index contributed by atoms with van der Waals surface area (Å²) in [5, 5.41) is 16.1. The molecule has 10 nitrogen and oxygen atoms in total. The van der Waals surface area contributed by atoms with Gasteiger partial charge in [-0.05, 0) is 50.1 Å². The van der Waals surface area contributed by atoms with Crippen LogP contribution in [0.3, 0.4) is 0 Å². The average molecular weight is 545 g/mol. The molecule has 39 heavy (non-hydrogen) atoms. The van der Waals surface area contributed by atoms with E-state index in [1.807, 2.05) is 61.1 Å². The zero-order valence-corrected chi connectivity index (χ0v) is 22.4. The maximum Gasteiger partial charge on any atom is 0.253 e. The molecule has 4 aromatic heterocycles. The van der Waals surface area contributed by atoms with Crippen molar-refractivity contribution in [2.75, 3.05) is 24.6 Å². The zero-order valence-electron chi connectivity index (χ0n) is 21.7. The highest BCUT2D eigenvalue weighted by molar-refractivity contribution is 6.34. The Morgan fingerprint density at radius 3 is 2.90 bits per heavy atom. The molecule has 0 saturated carbocycles.